The number of nitrogens with one attached hydrogen (secondary N) is 1. The van der Waals surface area contributed by atoms with Crippen molar-refractivity contribution in [3.8, 4) is 0 Å². The molecule has 134 valence electrons. The van der Waals surface area contributed by atoms with Crippen LogP contribution in [-0.4, -0.2) is 41.1 Å². The lowest BCUT2D eigenvalue weighted by Crippen LogP contribution is -2.50. The number of benzene rings is 1. The van der Waals surface area contributed by atoms with Crippen molar-refractivity contribution in [1.82, 2.24) is 10.2 Å². The van der Waals surface area contributed by atoms with Crippen molar-refractivity contribution < 1.29 is 14.4 Å². The summed E-state index contributed by atoms with van der Waals surface area (Å²) in [6.45, 7) is 5.62. The second kappa shape index (κ2) is 7.25. The lowest BCUT2D eigenvalue weighted by Gasteiger charge is -2.38. The van der Waals surface area contributed by atoms with E-state index in [1.54, 1.807) is 0 Å². The predicted octanol–water partition coefficient (Wildman–Crippen LogP) is 2.16. The first-order valence-corrected chi connectivity index (χ1v) is 8.88. The highest BCUT2D eigenvalue weighted by atomic mass is 16.7. The number of nitrogens with zero attached hydrogens (tertiary/aromatic N) is 2. The molecular weight excluding hydrogens is 318 g/mol. The predicted molar refractivity (Wildman–Crippen MR) is 95.0 cm³/mol. The summed E-state index contributed by atoms with van der Waals surface area (Å²) < 4.78 is 0. The molecule has 0 saturated carbocycles. The van der Waals surface area contributed by atoms with Gasteiger partial charge >= 0.3 is 0 Å². The van der Waals surface area contributed by atoms with E-state index >= 15 is 0 Å². The number of likely N-dealkylation sites (tertiary alicyclic amines) is 1. The number of carbonyl (C=O) groups is 2. The van der Waals surface area contributed by atoms with Gasteiger partial charge in [0.1, 0.15) is 5.71 Å². The number of oxime groups is 1. The second-order valence-corrected chi connectivity index (χ2v) is 6.93. The molecule has 1 aromatic rings. The fourth-order valence-corrected chi connectivity index (χ4v) is 3.39. The Morgan fingerprint density at radius 3 is 2.80 bits per heavy atom. The van der Waals surface area contributed by atoms with E-state index in [2.05, 4.69) is 10.5 Å². The number of amides is 2. The Bertz CT molecular complexity index is 684. The summed E-state index contributed by atoms with van der Waals surface area (Å²) in [6, 6.07) is 8.04. The first-order chi connectivity index (χ1) is 12.0. The van der Waals surface area contributed by atoms with Crippen LogP contribution in [0.5, 0.6) is 0 Å². The Morgan fingerprint density at radius 1 is 1.32 bits per heavy atom. The topological polar surface area (TPSA) is 71.0 Å². The molecule has 2 aliphatic rings. The third kappa shape index (κ3) is 4.00. The SMILES string of the molecule is CCC(=O)N1CCCC2(CC(C(=O)NCc3ccc(C)cc3)=NO2)C1. The van der Waals surface area contributed by atoms with Gasteiger partial charge in [0.2, 0.25) is 5.91 Å². The van der Waals surface area contributed by atoms with Crippen LogP contribution in [0.15, 0.2) is 29.4 Å². The summed E-state index contributed by atoms with van der Waals surface area (Å²) in [4.78, 5) is 31.8. The molecule has 0 bridgehead atoms. The van der Waals surface area contributed by atoms with Gasteiger partial charge in [-0.1, -0.05) is 41.9 Å². The molecule has 1 saturated heterocycles. The van der Waals surface area contributed by atoms with Gasteiger partial charge in [0.05, 0.1) is 6.54 Å². The van der Waals surface area contributed by atoms with Crippen LogP contribution >= 0.6 is 0 Å². The molecule has 1 spiro atoms. The second-order valence-electron chi connectivity index (χ2n) is 6.93. The molecule has 1 unspecified atom stereocenters. The molecule has 0 aliphatic carbocycles. The largest absolute Gasteiger partial charge is 0.386 e. The van der Waals surface area contributed by atoms with E-state index in [0.717, 1.165) is 24.9 Å². The van der Waals surface area contributed by atoms with Crippen molar-refractivity contribution in [2.75, 3.05) is 13.1 Å². The van der Waals surface area contributed by atoms with Crippen LogP contribution < -0.4 is 5.32 Å². The van der Waals surface area contributed by atoms with E-state index in [1.807, 2.05) is 43.0 Å². The monoisotopic (exact) mass is 343 g/mol. The minimum atomic E-state index is -0.528. The van der Waals surface area contributed by atoms with Crippen LogP contribution in [0.1, 0.15) is 43.7 Å². The molecule has 2 aliphatic heterocycles. The molecule has 6 nitrogen and oxygen atoms in total. The zero-order chi connectivity index (χ0) is 17.9. The maximum absolute atomic E-state index is 12.4. The Labute approximate surface area is 148 Å². The highest BCUT2D eigenvalue weighted by Gasteiger charge is 2.45. The Kier molecular flexibility index (Phi) is 5.06. The fourth-order valence-electron chi connectivity index (χ4n) is 3.39. The molecule has 6 heteroatoms. The normalized spacial score (nSPS) is 22.5. The molecule has 2 heterocycles. The van der Waals surface area contributed by atoms with Crippen molar-refractivity contribution in [3.63, 3.8) is 0 Å². The summed E-state index contributed by atoms with van der Waals surface area (Å²) >= 11 is 0. The molecule has 1 fully saturated rings. The van der Waals surface area contributed by atoms with Crippen LogP contribution in [0.4, 0.5) is 0 Å². The molecule has 1 N–H and O–H groups in total. The van der Waals surface area contributed by atoms with Gasteiger partial charge in [0.15, 0.2) is 5.60 Å². The number of piperidine rings is 1. The van der Waals surface area contributed by atoms with E-state index < -0.39 is 5.60 Å². The molecule has 1 atom stereocenters. The molecule has 3 rings (SSSR count). The van der Waals surface area contributed by atoms with E-state index in [0.29, 0.717) is 31.6 Å². The molecule has 0 aromatic heterocycles. The van der Waals surface area contributed by atoms with Gasteiger partial charge in [-0.25, -0.2) is 0 Å². The first-order valence-electron chi connectivity index (χ1n) is 8.88. The number of rotatable bonds is 4. The maximum Gasteiger partial charge on any atom is 0.269 e. The third-order valence-corrected chi connectivity index (χ3v) is 4.87. The minimum absolute atomic E-state index is 0.125. The van der Waals surface area contributed by atoms with E-state index in [4.69, 9.17) is 4.84 Å². The van der Waals surface area contributed by atoms with Crippen LogP contribution in [-0.2, 0) is 21.0 Å². The van der Waals surface area contributed by atoms with Gasteiger partial charge in [0, 0.05) is 25.9 Å². The quantitative estimate of drug-likeness (QED) is 0.911. The van der Waals surface area contributed by atoms with Crippen molar-refractivity contribution in [2.24, 2.45) is 5.16 Å². The zero-order valence-electron chi connectivity index (χ0n) is 14.9. The summed E-state index contributed by atoms with van der Waals surface area (Å²) in [7, 11) is 0. The zero-order valence-corrected chi connectivity index (χ0v) is 14.9. The summed E-state index contributed by atoms with van der Waals surface area (Å²) in [5.74, 6) is -0.0728. The van der Waals surface area contributed by atoms with Crippen molar-refractivity contribution in [3.05, 3.63) is 35.4 Å². The smallest absolute Gasteiger partial charge is 0.269 e. The van der Waals surface area contributed by atoms with Gasteiger partial charge in [-0.05, 0) is 25.3 Å². The first kappa shape index (κ1) is 17.5. The van der Waals surface area contributed by atoms with E-state index in [9.17, 15) is 9.59 Å². The maximum atomic E-state index is 12.4. The number of hydrogen-bond donors (Lipinski definition) is 1. The fraction of sp³-hybridized carbons (Fsp3) is 0.526. The third-order valence-electron chi connectivity index (χ3n) is 4.87. The molecule has 1 aromatic carbocycles. The Morgan fingerprint density at radius 2 is 2.08 bits per heavy atom. The lowest BCUT2D eigenvalue weighted by molar-refractivity contribution is -0.140. The number of aryl methyl sites for hydroxylation is 1. The molecular formula is C19H25N3O3. The van der Waals surface area contributed by atoms with Crippen molar-refractivity contribution in [2.45, 2.75) is 51.7 Å². The summed E-state index contributed by atoms with van der Waals surface area (Å²) in [6.07, 6.45) is 2.64. The number of hydrogen-bond acceptors (Lipinski definition) is 4. The van der Waals surface area contributed by atoms with Gasteiger partial charge in [-0.15, -0.1) is 0 Å². The summed E-state index contributed by atoms with van der Waals surface area (Å²) in [5, 5.41) is 6.92. The molecule has 2 amide bonds. The highest BCUT2D eigenvalue weighted by Crippen LogP contribution is 2.33. The standard InChI is InChI=1S/C19H25N3O3/c1-3-17(23)22-10-4-9-19(13-22)11-16(21-25-19)18(24)20-12-15-7-5-14(2)6-8-15/h5-8H,3-4,9-13H2,1-2H3,(H,20,24). The average molecular weight is 343 g/mol. The van der Waals surface area contributed by atoms with Crippen molar-refractivity contribution in [1.29, 1.82) is 0 Å². The summed E-state index contributed by atoms with van der Waals surface area (Å²) in [5.41, 5.74) is 2.12. The highest BCUT2D eigenvalue weighted by molar-refractivity contribution is 6.39. The molecule has 0 radical (unpaired) electrons. The van der Waals surface area contributed by atoms with Crippen LogP contribution in [0.2, 0.25) is 0 Å². The minimum Gasteiger partial charge on any atom is -0.386 e. The average Bonchev–Trinajstić information content (AvgIpc) is 3.03. The lowest BCUT2D eigenvalue weighted by atomic mass is 9.88. The number of carbonyl (C=O) groups excluding carboxylic acids is 2. The van der Waals surface area contributed by atoms with Crippen LogP contribution in [0, 0.1) is 6.92 Å². The Hall–Kier alpha value is -2.37. The van der Waals surface area contributed by atoms with Gasteiger partial charge < -0.3 is 15.1 Å². The van der Waals surface area contributed by atoms with E-state index in [-0.39, 0.29) is 11.8 Å². The van der Waals surface area contributed by atoms with Crippen molar-refractivity contribution >= 4 is 17.5 Å². The Balaban J connectivity index is 1.55. The molecule has 25 heavy (non-hydrogen) atoms. The van der Waals surface area contributed by atoms with Gasteiger partial charge in [-0.2, -0.15) is 0 Å². The van der Waals surface area contributed by atoms with Gasteiger partial charge in [0.25, 0.3) is 5.91 Å². The van der Waals surface area contributed by atoms with E-state index in [1.165, 1.54) is 5.56 Å². The van der Waals surface area contributed by atoms with Gasteiger partial charge in [-0.3, -0.25) is 9.59 Å². The van der Waals surface area contributed by atoms with Crippen LogP contribution in [0.25, 0.3) is 0 Å². The van der Waals surface area contributed by atoms with Crippen LogP contribution in [0.3, 0.4) is 0 Å².